The van der Waals surface area contributed by atoms with Gasteiger partial charge in [0.05, 0.1) is 16.6 Å². The van der Waals surface area contributed by atoms with Crippen molar-refractivity contribution in [1.82, 2.24) is 4.31 Å². The van der Waals surface area contributed by atoms with E-state index in [-0.39, 0.29) is 25.1 Å². The first-order valence-corrected chi connectivity index (χ1v) is 10.3. The first-order chi connectivity index (χ1) is 10.4. The van der Waals surface area contributed by atoms with Crippen molar-refractivity contribution in [2.45, 2.75) is 23.6 Å². The third-order valence-corrected chi connectivity index (χ3v) is 7.15. The number of sulfone groups is 1. The zero-order valence-corrected chi connectivity index (χ0v) is 13.9. The fourth-order valence-corrected chi connectivity index (χ4v) is 5.06. The summed E-state index contributed by atoms with van der Waals surface area (Å²) in [5, 5.41) is -0.732. The molecule has 0 unspecified atom stereocenters. The minimum absolute atomic E-state index is 0.0979. The molecule has 1 aliphatic rings. The van der Waals surface area contributed by atoms with Gasteiger partial charge in [0, 0.05) is 19.3 Å². The lowest BCUT2D eigenvalue weighted by atomic mass is 10.1. The van der Waals surface area contributed by atoms with Gasteiger partial charge in [-0.2, -0.15) is 13.2 Å². The van der Waals surface area contributed by atoms with Gasteiger partial charge in [-0.25, -0.2) is 21.1 Å². The third-order valence-electron chi connectivity index (χ3n) is 3.74. The van der Waals surface area contributed by atoms with Crippen LogP contribution in [0.5, 0.6) is 0 Å². The SMILES string of the molecule is CS(=O)(=O)[C@H]1CCN(S(=O)(=O)Cc2ccc(C(F)(F)F)cc2)C1. The highest BCUT2D eigenvalue weighted by atomic mass is 32.2. The van der Waals surface area contributed by atoms with Crippen LogP contribution in [0.25, 0.3) is 0 Å². The van der Waals surface area contributed by atoms with E-state index in [1.165, 1.54) is 0 Å². The van der Waals surface area contributed by atoms with Crippen LogP contribution < -0.4 is 0 Å². The van der Waals surface area contributed by atoms with Crippen LogP contribution in [0.4, 0.5) is 13.2 Å². The van der Waals surface area contributed by atoms with Gasteiger partial charge in [0.15, 0.2) is 9.84 Å². The number of alkyl halides is 3. The van der Waals surface area contributed by atoms with Gasteiger partial charge in [0.2, 0.25) is 10.0 Å². The molecule has 0 N–H and O–H groups in total. The van der Waals surface area contributed by atoms with Gasteiger partial charge in [0.1, 0.15) is 0 Å². The number of nitrogens with zero attached hydrogens (tertiary/aromatic N) is 1. The number of hydrogen-bond acceptors (Lipinski definition) is 4. The Bertz CT molecular complexity index is 770. The maximum atomic E-state index is 12.5. The number of benzene rings is 1. The quantitative estimate of drug-likeness (QED) is 0.807. The van der Waals surface area contributed by atoms with Crippen molar-refractivity contribution in [2.24, 2.45) is 0 Å². The summed E-state index contributed by atoms with van der Waals surface area (Å²) in [6.45, 7) is -0.0114. The second-order valence-electron chi connectivity index (χ2n) is 5.55. The van der Waals surface area contributed by atoms with Crippen LogP contribution in [0.3, 0.4) is 0 Å². The van der Waals surface area contributed by atoms with Crippen LogP contribution >= 0.6 is 0 Å². The maximum absolute atomic E-state index is 12.5. The van der Waals surface area contributed by atoms with E-state index in [1.807, 2.05) is 0 Å². The lowest BCUT2D eigenvalue weighted by Gasteiger charge is -2.16. The van der Waals surface area contributed by atoms with E-state index in [2.05, 4.69) is 0 Å². The molecule has 0 saturated carbocycles. The van der Waals surface area contributed by atoms with Gasteiger partial charge in [0.25, 0.3) is 0 Å². The number of hydrogen-bond donors (Lipinski definition) is 0. The maximum Gasteiger partial charge on any atom is 0.416 e. The summed E-state index contributed by atoms with van der Waals surface area (Å²) in [7, 11) is -7.09. The predicted molar refractivity (Wildman–Crippen MR) is 78.9 cm³/mol. The van der Waals surface area contributed by atoms with Gasteiger partial charge in [-0.1, -0.05) is 12.1 Å². The summed E-state index contributed by atoms with van der Waals surface area (Å²) in [5.74, 6) is -0.457. The van der Waals surface area contributed by atoms with Gasteiger partial charge in [-0.05, 0) is 24.1 Å². The smallest absolute Gasteiger partial charge is 0.229 e. The van der Waals surface area contributed by atoms with Crippen LogP contribution in [0.1, 0.15) is 17.5 Å². The lowest BCUT2D eigenvalue weighted by Crippen LogP contribution is -2.32. The highest BCUT2D eigenvalue weighted by Crippen LogP contribution is 2.29. The van der Waals surface area contributed by atoms with E-state index in [1.54, 1.807) is 0 Å². The fourth-order valence-electron chi connectivity index (χ4n) is 2.39. The van der Waals surface area contributed by atoms with Crippen molar-refractivity contribution in [2.75, 3.05) is 19.3 Å². The summed E-state index contributed by atoms with van der Waals surface area (Å²) in [6.07, 6.45) is -3.19. The summed E-state index contributed by atoms with van der Waals surface area (Å²) in [6, 6.07) is 3.89. The normalized spacial score (nSPS) is 20.8. The second-order valence-corrected chi connectivity index (χ2v) is 9.84. The summed E-state index contributed by atoms with van der Waals surface area (Å²) >= 11 is 0. The average molecular weight is 371 g/mol. The standard InChI is InChI=1S/C13H16F3NO4S2/c1-22(18,19)12-6-7-17(8-12)23(20,21)9-10-2-4-11(5-3-10)13(14,15)16/h2-5,12H,6-9H2,1H3/t12-/m0/s1. The number of rotatable bonds is 4. The molecule has 0 aromatic heterocycles. The number of sulfonamides is 1. The molecule has 1 saturated heterocycles. The molecule has 1 heterocycles. The highest BCUT2D eigenvalue weighted by Gasteiger charge is 2.36. The minimum Gasteiger partial charge on any atom is -0.229 e. The molecule has 10 heteroatoms. The molecule has 2 rings (SSSR count). The molecule has 1 fully saturated rings. The Morgan fingerprint density at radius 1 is 1.13 bits per heavy atom. The summed E-state index contributed by atoms with van der Waals surface area (Å²) < 4.78 is 86.0. The largest absolute Gasteiger partial charge is 0.416 e. The topological polar surface area (TPSA) is 71.5 Å². The predicted octanol–water partition coefficient (Wildman–Crippen LogP) is 1.65. The molecule has 1 atom stereocenters. The molecule has 5 nitrogen and oxygen atoms in total. The first kappa shape index (κ1) is 18.2. The lowest BCUT2D eigenvalue weighted by molar-refractivity contribution is -0.137. The van der Waals surface area contributed by atoms with E-state index >= 15 is 0 Å². The Hall–Kier alpha value is -1.13. The van der Waals surface area contributed by atoms with Crippen molar-refractivity contribution < 1.29 is 30.0 Å². The first-order valence-electron chi connectivity index (χ1n) is 6.72. The van der Waals surface area contributed by atoms with E-state index < -0.39 is 42.6 Å². The molecule has 23 heavy (non-hydrogen) atoms. The number of halogens is 3. The molecule has 1 aromatic carbocycles. The van der Waals surface area contributed by atoms with Gasteiger partial charge < -0.3 is 0 Å². The summed E-state index contributed by atoms with van der Waals surface area (Å²) in [4.78, 5) is 0. The van der Waals surface area contributed by atoms with Crippen molar-refractivity contribution in [3.8, 4) is 0 Å². The molecule has 0 radical (unpaired) electrons. The zero-order chi connectivity index (χ0) is 17.5. The second kappa shape index (κ2) is 6.06. The Labute approximate surface area is 133 Å². The minimum atomic E-state index is -4.48. The van der Waals surface area contributed by atoms with Gasteiger partial charge in [-0.15, -0.1) is 0 Å². The molecule has 0 bridgehead atoms. The van der Waals surface area contributed by atoms with Crippen molar-refractivity contribution in [3.05, 3.63) is 35.4 Å². The molecule has 0 aliphatic carbocycles. The molecule has 0 spiro atoms. The molecule has 1 aromatic rings. The van der Waals surface area contributed by atoms with Crippen molar-refractivity contribution >= 4 is 19.9 Å². The molecule has 0 amide bonds. The van der Waals surface area contributed by atoms with Crippen LogP contribution in [0, 0.1) is 0 Å². The van der Waals surface area contributed by atoms with Crippen molar-refractivity contribution in [1.29, 1.82) is 0 Å². The summed E-state index contributed by atoms with van der Waals surface area (Å²) in [5.41, 5.74) is -0.627. The monoisotopic (exact) mass is 371 g/mol. The Balaban J connectivity index is 2.10. The Morgan fingerprint density at radius 2 is 1.70 bits per heavy atom. The fraction of sp³-hybridized carbons (Fsp3) is 0.538. The van der Waals surface area contributed by atoms with Crippen LogP contribution in [0.2, 0.25) is 0 Å². The van der Waals surface area contributed by atoms with E-state index in [0.717, 1.165) is 34.8 Å². The van der Waals surface area contributed by atoms with Gasteiger partial charge >= 0.3 is 6.18 Å². The molecular formula is C13H16F3NO4S2. The highest BCUT2D eigenvalue weighted by molar-refractivity contribution is 7.91. The zero-order valence-electron chi connectivity index (χ0n) is 12.2. The van der Waals surface area contributed by atoms with Crippen molar-refractivity contribution in [3.63, 3.8) is 0 Å². The van der Waals surface area contributed by atoms with Gasteiger partial charge in [-0.3, -0.25) is 0 Å². The van der Waals surface area contributed by atoms with E-state index in [9.17, 15) is 30.0 Å². The molecule has 130 valence electrons. The third kappa shape index (κ3) is 4.45. The van der Waals surface area contributed by atoms with E-state index in [0.29, 0.717) is 0 Å². The Morgan fingerprint density at radius 3 is 2.13 bits per heavy atom. The molecular weight excluding hydrogens is 355 g/mol. The van der Waals surface area contributed by atoms with Crippen LogP contribution in [-0.2, 0) is 31.8 Å². The average Bonchev–Trinajstić information content (AvgIpc) is 2.88. The Kier molecular flexibility index (Phi) is 4.80. The van der Waals surface area contributed by atoms with Crippen LogP contribution in [0.15, 0.2) is 24.3 Å². The van der Waals surface area contributed by atoms with E-state index in [4.69, 9.17) is 0 Å². The molecule has 1 aliphatic heterocycles. The van der Waals surface area contributed by atoms with Crippen LogP contribution in [-0.4, -0.2) is 45.7 Å².